The van der Waals surface area contributed by atoms with Gasteiger partial charge in [-0.05, 0) is 6.42 Å². The van der Waals surface area contributed by atoms with Gasteiger partial charge in [0.25, 0.3) is 0 Å². The fourth-order valence-electron chi connectivity index (χ4n) is 2.05. The number of rotatable bonds is 8. The van der Waals surface area contributed by atoms with Crippen LogP contribution in [0.2, 0.25) is 0 Å². The van der Waals surface area contributed by atoms with E-state index in [1.807, 2.05) is 6.92 Å². The van der Waals surface area contributed by atoms with Crippen molar-refractivity contribution < 1.29 is 8.42 Å². The Morgan fingerprint density at radius 3 is 2.61 bits per heavy atom. The maximum Gasteiger partial charge on any atom is 0.215 e. The van der Waals surface area contributed by atoms with Crippen LogP contribution in [0.25, 0.3) is 0 Å². The zero-order valence-electron chi connectivity index (χ0n) is 11.3. The second kappa shape index (κ2) is 7.89. The molecule has 6 heteroatoms. The molecule has 1 saturated heterocycles. The van der Waals surface area contributed by atoms with Crippen LogP contribution in [0, 0.1) is 0 Å². The standard InChI is InChI=1S/C12H25N3O2S/c1-3-7-15(8-4-2)18(16,17)12-11-14-9-5-13-6-10-14/h3,13H,1,4-12H2,2H3. The summed E-state index contributed by atoms with van der Waals surface area (Å²) in [5.41, 5.74) is 0. The molecule has 0 unspecified atom stereocenters. The van der Waals surface area contributed by atoms with E-state index in [9.17, 15) is 8.42 Å². The molecule has 5 nitrogen and oxygen atoms in total. The highest BCUT2D eigenvalue weighted by atomic mass is 32.2. The predicted octanol–water partition coefficient (Wildman–Crippen LogP) is 0.119. The molecule has 0 bridgehead atoms. The molecule has 0 aromatic heterocycles. The summed E-state index contributed by atoms with van der Waals surface area (Å²) in [6, 6.07) is 0. The zero-order valence-corrected chi connectivity index (χ0v) is 12.1. The van der Waals surface area contributed by atoms with Gasteiger partial charge in [-0.2, -0.15) is 4.31 Å². The van der Waals surface area contributed by atoms with Gasteiger partial charge in [-0.3, -0.25) is 4.90 Å². The van der Waals surface area contributed by atoms with Crippen molar-refractivity contribution in [3.63, 3.8) is 0 Å². The van der Waals surface area contributed by atoms with E-state index in [0.29, 0.717) is 19.6 Å². The van der Waals surface area contributed by atoms with E-state index in [4.69, 9.17) is 0 Å². The Bertz CT molecular complexity index is 337. The highest BCUT2D eigenvalue weighted by Crippen LogP contribution is 2.04. The summed E-state index contributed by atoms with van der Waals surface area (Å²) < 4.78 is 25.9. The number of hydrogen-bond donors (Lipinski definition) is 1. The molecule has 106 valence electrons. The highest BCUT2D eigenvalue weighted by molar-refractivity contribution is 7.89. The van der Waals surface area contributed by atoms with E-state index >= 15 is 0 Å². The Morgan fingerprint density at radius 2 is 2.06 bits per heavy atom. The summed E-state index contributed by atoms with van der Waals surface area (Å²) in [6.07, 6.45) is 2.48. The van der Waals surface area contributed by atoms with Gasteiger partial charge in [0.1, 0.15) is 0 Å². The van der Waals surface area contributed by atoms with Crippen LogP contribution in [-0.2, 0) is 10.0 Å². The van der Waals surface area contributed by atoms with E-state index in [1.54, 1.807) is 6.08 Å². The molecule has 1 aliphatic heterocycles. The number of hydrogen-bond acceptors (Lipinski definition) is 4. The summed E-state index contributed by atoms with van der Waals surface area (Å²) in [4.78, 5) is 2.20. The second-order valence-electron chi connectivity index (χ2n) is 4.55. The lowest BCUT2D eigenvalue weighted by Crippen LogP contribution is -2.46. The van der Waals surface area contributed by atoms with Crippen LogP contribution in [0.3, 0.4) is 0 Å². The molecule has 0 amide bonds. The first-order chi connectivity index (χ1) is 8.60. The van der Waals surface area contributed by atoms with E-state index in [2.05, 4.69) is 16.8 Å². The molecule has 0 radical (unpaired) electrons. The van der Waals surface area contributed by atoms with E-state index < -0.39 is 10.0 Å². The third-order valence-electron chi connectivity index (χ3n) is 3.07. The van der Waals surface area contributed by atoms with Gasteiger partial charge >= 0.3 is 0 Å². The Balaban J connectivity index is 2.47. The largest absolute Gasteiger partial charge is 0.314 e. The van der Waals surface area contributed by atoms with Crippen LogP contribution >= 0.6 is 0 Å². The average Bonchev–Trinajstić information content (AvgIpc) is 2.37. The van der Waals surface area contributed by atoms with Gasteiger partial charge in [-0.1, -0.05) is 13.0 Å². The van der Waals surface area contributed by atoms with Gasteiger partial charge in [0, 0.05) is 45.8 Å². The molecule has 0 spiro atoms. The summed E-state index contributed by atoms with van der Waals surface area (Å²) in [5, 5.41) is 3.26. The van der Waals surface area contributed by atoms with E-state index in [-0.39, 0.29) is 5.75 Å². The maximum absolute atomic E-state index is 12.2. The maximum atomic E-state index is 12.2. The molecule has 1 aliphatic rings. The van der Waals surface area contributed by atoms with Gasteiger partial charge in [0.2, 0.25) is 10.0 Å². The average molecular weight is 275 g/mol. The fourth-order valence-corrected chi connectivity index (χ4v) is 3.59. The van der Waals surface area contributed by atoms with E-state index in [1.165, 1.54) is 4.31 Å². The molecule has 0 saturated carbocycles. The molecule has 1 N–H and O–H groups in total. The van der Waals surface area contributed by atoms with Crippen LogP contribution in [0.15, 0.2) is 12.7 Å². The Morgan fingerprint density at radius 1 is 1.39 bits per heavy atom. The highest BCUT2D eigenvalue weighted by Gasteiger charge is 2.21. The molecule has 0 aromatic carbocycles. The Hall–Kier alpha value is -0.430. The molecule has 0 aliphatic carbocycles. The van der Waals surface area contributed by atoms with Crippen molar-refractivity contribution in [2.45, 2.75) is 13.3 Å². The summed E-state index contributed by atoms with van der Waals surface area (Å²) >= 11 is 0. The van der Waals surface area contributed by atoms with Crippen LogP contribution in [0.1, 0.15) is 13.3 Å². The quantitative estimate of drug-likeness (QED) is 0.639. The lowest BCUT2D eigenvalue weighted by molar-refractivity contribution is 0.252. The molecule has 1 heterocycles. The minimum Gasteiger partial charge on any atom is -0.314 e. The fraction of sp³-hybridized carbons (Fsp3) is 0.833. The SMILES string of the molecule is C=CCN(CCC)S(=O)(=O)CCN1CCNCC1. The summed E-state index contributed by atoms with van der Waals surface area (Å²) in [7, 11) is -3.15. The molecule has 18 heavy (non-hydrogen) atoms. The summed E-state index contributed by atoms with van der Waals surface area (Å²) in [5.74, 6) is 0.209. The van der Waals surface area contributed by atoms with Crippen molar-refractivity contribution >= 4 is 10.0 Å². The minimum absolute atomic E-state index is 0.209. The van der Waals surface area contributed by atoms with Gasteiger partial charge in [0.05, 0.1) is 5.75 Å². The molecular formula is C12H25N3O2S. The van der Waals surface area contributed by atoms with Crippen molar-refractivity contribution in [3.05, 3.63) is 12.7 Å². The Labute approximate surface area is 111 Å². The molecule has 0 atom stereocenters. The van der Waals surface area contributed by atoms with E-state index in [0.717, 1.165) is 32.6 Å². The first-order valence-electron chi connectivity index (χ1n) is 6.62. The monoisotopic (exact) mass is 275 g/mol. The zero-order chi connectivity index (χ0) is 13.4. The summed E-state index contributed by atoms with van der Waals surface area (Å²) in [6.45, 7) is 11.0. The number of nitrogens with one attached hydrogen (secondary N) is 1. The van der Waals surface area contributed by atoms with Gasteiger partial charge < -0.3 is 5.32 Å². The first-order valence-corrected chi connectivity index (χ1v) is 8.23. The van der Waals surface area contributed by atoms with Crippen LogP contribution in [0.5, 0.6) is 0 Å². The lowest BCUT2D eigenvalue weighted by atomic mass is 10.4. The molecular weight excluding hydrogens is 250 g/mol. The predicted molar refractivity (Wildman–Crippen MR) is 75.2 cm³/mol. The Kier molecular flexibility index (Phi) is 6.85. The van der Waals surface area contributed by atoms with Gasteiger partial charge in [0.15, 0.2) is 0 Å². The number of nitrogens with zero attached hydrogens (tertiary/aromatic N) is 2. The van der Waals surface area contributed by atoms with Crippen LogP contribution in [0.4, 0.5) is 0 Å². The third-order valence-corrected chi connectivity index (χ3v) is 4.89. The molecule has 1 rings (SSSR count). The molecule has 1 fully saturated rings. The molecule has 0 aromatic rings. The van der Waals surface area contributed by atoms with Crippen molar-refractivity contribution in [3.8, 4) is 0 Å². The number of piperazine rings is 1. The number of sulfonamides is 1. The minimum atomic E-state index is -3.15. The van der Waals surface area contributed by atoms with Gasteiger partial charge in [-0.25, -0.2) is 8.42 Å². The smallest absolute Gasteiger partial charge is 0.215 e. The normalized spacial score (nSPS) is 18.1. The van der Waals surface area contributed by atoms with Crippen molar-refractivity contribution in [1.29, 1.82) is 0 Å². The lowest BCUT2D eigenvalue weighted by Gasteiger charge is -2.28. The topological polar surface area (TPSA) is 52.7 Å². The van der Waals surface area contributed by atoms with Crippen molar-refractivity contribution in [1.82, 2.24) is 14.5 Å². The van der Waals surface area contributed by atoms with Crippen molar-refractivity contribution in [2.24, 2.45) is 0 Å². The second-order valence-corrected chi connectivity index (χ2v) is 6.64. The van der Waals surface area contributed by atoms with Gasteiger partial charge in [-0.15, -0.1) is 6.58 Å². The third kappa shape index (κ3) is 5.06. The van der Waals surface area contributed by atoms with Crippen LogP contribution < -0.4 is 5.32 Å². The van der Waals surface area contributed by atoms with Crippen molar-refractivity contribution in [2.75, 3.05) is 51.6 Å². The van der Waals surface area contributed by atoms with Crippen LogP contribution in [-0.4, -0.2) is 69.2 Å². The first kappa shape index (κ1) is 15.6.